The van der Waals surface area contributed by atoms with E-state index >= 15 is 0 Å². The van der Waals surface area contributed by atoms with Gasteiger partial charge in [0.25, 0.3) is 0 Å². The highest BCUT2D eigenvalue weighted by Crippen LogP contribution is 2.40. The van der Waals surface area contributed by atoms with E-state index < -0.39 is 0 Å². The van der Waals surface area contributed by atoms with Crippen molar-refractivity contribution in [3.8, 4) is 0 Å². The molecule has 0 amide bonds. The summed E-state index contributed by atoms with van der Waals surface area (Å²) >= 11 is 0. The van der Waals surface area contributed by atoms with Crippen molar-refractivity contribution in [3.05, 3.63) is 0 Å². The first-order chi connectivity index (χ1) is 7.63. The van der Waals surface area contributed by atoms with E-state index in [0.29, 0.717) is 0 Å². The Kier molecular flexibility index (Phi) is 2.75. The summed E-state index contributed by atoms with van der Waals surface area (Å²) in [4.78, 5) is 2.69. The van der Waals surface area contributed by atoms with E-state index in [2.05, 4.69) is 11.8 Å². The summed E-state index contributed by atoms with van der Waals surface area (Å²) in [5, 5.41) is 0. The van der Waals surface area contributed by atoms with Crippen LogP contribution in [0.1, 0.15) is 45.4 Å². The summed E-state index contributed by atoms with van der Waals surface area (Å²) < 4.78 is 0. The predicted octanol–water partition coefficient (Wildman–Crippen LogP) is 2.24. The molecule has 0 aromatic rings. The van der Waals surface area contributed by atoms with Crippen LogP contribution in [0.15, 0.2) is 0 Å². The smallest absolute Gasteiger partial charge is 0.0283 e. The zero-order chi connectivity index (χ0) is 11.2. The molecule has 2 nitrogen and oxygen atoms in total. The van der Waals surface area contributed by atoms with E-state index in [9.17, 15) is 0 Å². The summed E-state index contributed by atoms with van der Waals surface area (Å²) in [6.07, 6.45) is 8.59. The van der Waals surface area contributed by atoms with Gasteiger partial charge in [0, 0.05) is 25.2 Å². The van der Waals surface area contributed by atoms with E-state index in [-0.39, 0.29) is 5.54 Å². The minimum absolute atomic E-state index is 0.0871. The summed E-state index contributed by atoms with van der Waals surface area (Å²) in [5.74, 6) is 2.83. The van der Waals surface area contributed by atoms with Crippen molar-refractivity contribution in [1.29, 1.82) is 0 Å². The normalized spacial score (nSPS) is 29.4. The first kappa shape index (κ1) is 11.0. The molecule has 1 unspecified atom stereocenters. The predicted molar refractivity (Wildman–Crippen MR) is 67.2 cm³/mol. The van der Waals surface area contributed by atoms with Crippen LogP contribution in [-0.2, 0) is 0 Å². The van der Waals surface area contributed by atoms with Crippen LogP contribution in [0.4, 0.5) is 0 Å². The molecule has 0 aliphatic heterocycles. The van der Waals surface area contributed by atoms with E-state index in [0.717, 1.165) is 24.3 Å². The third-order valence-corrected chi connectivity index (χ3v) is 4.50. The molecule has 0 bridgehead atoms. The van der Waals surface area contributed by atoms with E-state index in [1.54, 1.807) is 0 Å². The molecule has 0 aromatic carbocycles. The van der Waals surface area contributed by atoms with Crippen molar-refractivity contribution in [2.24, 2.45) is 23.5 Å². The fraction of sp³-hybridized carbons (Fsp3) is 1.00. The van der Waals surface area contributed by atoms with Crippen LogP contribution in [0.25, 0.3) is 0 Å². The van der Waals surface area contributed by atoms with Crippen LogP contribution >= 0.6 is 0 Å². The molecular weight excluding hydrogens is 196 g/mol. The van der Waals surface area contributed by atoms with Gasteiger partial charge in [0.1, 0.15) is 0 Å². The number of nitrogens with zero attached hydrogens (tertiary/aromatic N) is 1. The Morgan fingerprint density at radius 1 is 1.00 bits per heavy atom. The molecular formula is C14H26N2. The van der Waals surface area contributed by atoms with Crippen LogP contribution < -0.4 is 5.73 Å². The maximum absolute atomic E-state index is 6.47. The lowest BCUT2D eigenvalue weighted by atomic mass is 9.96. The molecule has 3 aliphatic carbocycles. The van der Waals surface area contributed by atoms with Crippen molar-refractivity contribution in [1.82, 2.24) is 4.90 Å². The van der Waals surface area contributed by atoms with Crippen LogP contribution in [0.2, 0.25) is 0 Å². The van der Waals surface area contributed by atoms with Crippen molar-refractivity contribution in [2.45, 2.75) is 51.0 Å². The standard InChI is InChI=1S/C14H26N2/c1-14(15,13-6-7-13)10-16(8-11-2-3-11)9-12-4-5-12/h11-13H,2-10,15H2,1H3. The summed E-state index contributed by atoms with van der Waals surface area (Å²) in [6.45, 7) is 6.08. The topological polar surface area (TPSA) is 29.3 Å². The Hall–Kier alpha value is -0.0800. The van der Waals surface area contributed by atoms with Crippen LogP contribution in [0.3, 0.4) is 0 Å². The van der Waals surface area contributed by atoms with Crippen molar-refractivity contribution in [3.63, 3.8) is 0 Å². The zero-order valence-electron chi connectivity index (χ0n) is 10.6. The number of nitrogens with two attached hydrogens (primary N) is 1. The van der Waals surface area contributed by atoms with Crippen LogP contribution in [-0.4, -0.2) is 30.1 Å². The van der Waals surface area contributed by atoms with Crippen LogP contribution in [0, 0.1) is 17.8 Å². The molecule has 3 rings (SSSR count). The highest BCUT2D eigenvalue weighted by molar-refractivity contribution is 4.98. The first-order valence-electron chi connectivity index (χ1n) is 7.15. The fourth-order valence-corrected chi connectivity index (χ4v) is 2.89. The molecule has 3 aliphatic rings. The van der Waals surface area contributed by atoms with Gasteiger partial charge >= 0.3 is 0 Å². The molecule has 3 saturated carbocycles. The molecule has 1 atom stereocenters. The molecule has 0 saturated heterocycles. The maximum atomic E-state index is 6.47. The van der Waals surface area contributed by atoms with E-state index in [1.165, 1.54) is 51.6 Å². The summed E-state index contributed by atoms with van der Waals surface area (Å²) in [5.41, 5.74) is 6.56. The molecule has 2 N–H and O–H groups in total. The van der Waals surface area contributed by atoms with Gasteiger partial charge in [-0.15, -0.1) is 0 Å². The molecule has 0 heterocycles. The van der Waals surface area contributed by atoms with Gasteiger partial charge in [0.2, 0.25) is 0 Å². The quantitative estimate of drug-likeness (QED) is 0.716. The number of hydrogen-bond acceptors (Lipinski definition) is 2. The molecule has 0 radical (unpaired) electrons. The third kappa shape index (κ3) is 2.98. The largest absolute Gasteiger partial charge is 0.324 e. The molecule has 3 fully saturated rings. The average molecular weight is 222 g/mol. The third-order valence-electron chi connectivity index (χ3n) is 4.50. The lowest BCUT2D eigenvalue weighted by molar-refractivity contribution is 0.188. The van der Waals surface area contributed by atoms with E-state index in [1.807, 2.05) is 0 Å². The second-order valence-corrected chi connectivity index (χ2v) is 6.86. The van der Waals surface area contributed by atoms with Gasteiger partial charge in [-0.2, -0.15) is 0 Å². The minimum atomic E-state index is 0.0871. The molecule has 2 heteroatoms. The van der Waals surface area contributed by atoms with Gasteiger partial charge in [-0.25, -0.2) is 0 Å². The Balaban J connectivity index is 1.52. The van der Waals surface area contributed by atoms with Gasteiger partial charge in [-0.1, -0.05) is 0 Å². The maximum Gasteiger partial charge on any atom is 0.0283 e. The lowest BCUT2D eigenvalue weighted by Crippen LogP contribution is -2.50. The Morgan fingerprint density at radius 3 is 1.88 bits per heavy atom. The van der Waals surface area contributed by atoms with Gasteiger partial charge < -0.3 is 10.6 Å². The fourth-order valence-electron chi connectivity index (χ4n) is 2.89. The van der Waals surface area contributed by atoms with Gasteiger partial charge in [-0.05, 0) is 63.2 Å². The van der Waals surface area contributed by atoms with Crippen molar-refractivity contribution in [2.75, 3.05) is 19.6 Å². The SMILES string of the molecule is CC(N)(CN(CC1CC1)CC1CC1)C1CC1. The highest BCUT2D eigenvalue weighted by atomic mass is 15.2. The highest BCUT2D eigenvalue weighted by Gasteiger charge is 2.40. The second kappa shape index (κ2) is 3.99. The second-order valence-electron chi connectivity index (χ2n) is 6.86. The van der Waals surface area contributed by atoms with Gasteiger partial charge in [-0.3, -0.25) is 0 Å². The van der Waals surface area contributed by atoms with Crippen molar-refractivity contribution < 1.29 is 0 Å². The number of rotatable bonds is 7. The van der Waals surface area contributed by atoms with Gasteiger partial charge in [0.05, 0.1) is 0 Å². The Morgan fingerprint density at radius 2 is 1.50 bits per heavy atom. The Labute approximate surface area is 99.6 Å². The summed E-state index contributed by atoms with van der Waals surface area (Å²) in [6, 6.07) is 0. The van der Waals surface area contributed by atoms with E-state index in [4.69, 9.17) is 5.73 Å². The molecule has 0 aromatic heterocycles. The molecule has 0 spiro atoms. The molecule has 92 valence electrons. The lowest BCUT2D eigenvalue weighted by Gasteiger charge is -2.33. The number of hydrogen-bond donors (Lipinski definition) is 1. The minimum Gasteiger partial charge on any atom is -0.324 e. The summed E-state index contributed by atoms with van der Waals surface area (Å²) in [7, 11) is 0. The molecule has 16 heavy (non-hydrogen) atoms. The van der Waals surface area contributed by atoms with Crippen LogP contribution in [0.5, 0.6) is 0 Å². The first-order valence-corrected chi connectivity index (χ1v) is 7.15. The monoisotopic (exact) mass is 222 g/mol. The zero-order valence-corrected chi connectivity index (χ0v) is 10.6. The Bertz CT molecular complexity index is 235. The van der Waals surface area contributed by atoms with Crippen molar-refractivity contribution >= 4 is 0 Å². The average Bonchev–Trinajstić information content (AvgIpc) is 3.04. The van der Waals surface area contributed by atoms with Gasteiger partial charge in [0.15, 0.2) is 0 Å².